The van der Waals surface area contributed by atoms with Gasteiger partial charge in [0.2, 0.25) is 5.91 Å². The number of fused-ring (bicyclic) bond motifs is 1. The highest BCUT2D eigenvalue weighted by Crippen LogP contribution is 2.31. The Morgan fingerprint density at radius 1 is 1.19 bits per heavy atom. The lowest BCUT2D eigenvalue weighted by molar-refractivity contribution is -0.118. The normalized spacial score (nSPS) is 17.9. The molecule has 1 N–H and O–H groups in total. The number of para-hydroxylation sites is 2. The predicted molar refractivity (Wildman–Crippen MR) is 81.7 cm³/mol. The standard InChI is InChI=1S/C17H17FN2O/c1-12-10-17(21)20(11-13-6-2-3-7-14(13)18)16-9-5-4-8-15(16)19-12/h2-9,12,19H,10-11H2,1H3. The molecule has 1 aliphatic heterocycles. The topological polar surface area (TPSA) is 32.3 Å². The van der Waals surface area contributed by atoms with Crippen LogP contribution in [0.5, 0.6) is 0 Å². The van der Waals surface area contributed by atoms with Crippen molar-refractivity contribution in [2.45, 2.75) is 25.9 Å². The van der Waals surface area contributed by atoms with E-state index in [1.54, 1.807) is 23.1 Å². The average Bonchev–Trinajstić information content (AvgIpc) is 2.58. The molecular weight excluding hydrogens is 267 g/mol. The number of amides is 1. The zero-order valence-electron chi connectivity index (χ0n) is 11.8. The molecule has 0 spiro atoms. The number of carbonyl (C=O) groups is 1. The van der Waals surface area contributed by atoms with E-state index in [0.29, 0.717) is 12.0 Å². The number of hydrogen-bond acceptors (Lipinski definition) is 2. The van der Waals surface area contributed by atoms with Crippen LogP contribution in [0.15, 0.2) is 48.5 Å². The van der Waals surface area contributed by atoms with Gasteiger partial charge in [0.05, 0.1) is 17.9 Å². The van der Waals surface area contributed by atoms with E-state index in [1.807, 2.05) is 31.2 Å². The number of carbonyl (C=O) groups excluding carboxylic acids is 1. The second kappa shape index (κ2) is 5.56. The fourth-order valence-electron chi connectivity index (χ4n) is 2.62. The smallest absolute Gasteiger partial charge is 0.229 e. The monoisotopic (exact) mass is 284 g/mol. The Balaban J connectivity index is 2.00. The van der Waals surface area contributed by atoms with Crippen LogP contribution in [-0.4, -0.2) is 11.9 Å². The number of rotatable bonds is 2. The molecule has 0 saturated carbocycles. The first-order chi connectivity index (χ1) is 10.1. The van der Waals surface area contributed by atoms with Crippen LogP contribution in [0.25, 0.3) is 0 Å². The van der Waals surface area contributed by atoms with Crippen LogP contribution in [-0.2, 0) is 11.3 Å². The zero-order valence-corrected chi connectivity index (χ0v) is 11.8. The maximum absolute atomic E-state index is 13.9. The summed E-state index contributed by atoms with van der Waals surface area (Å²) in [5.74, 6) is -0.281. The maximum Gasteiger partial charge on any atom is 0.229 e. The Hall–Kier alpha value is -2.36. The minimum absolute atomic E-state index is 0.00297. The Kier molecular flexibility index (Phi) is 3.60. The highest BCUT2D eigenvalue weighted by atomic mass is 19.1. The number of anilines is 2. The van der Waals surface area contributed by atoms with Gasteiger partial charge in [-0.15, -0.1) is 0 Å². The van der Waals surface area contributed by atoms with Crippen molar-refractivity contribution in [2.24, 2.45) is 0 Å². The van der Waals surface area contributed by atoms with E-state index in [2.05, 4.69) is 5.32 Å². The third-order valence-corrected chi connectivity index (χ3v) is 3.66. The lowest BCUT2D eigenvalue weighted by Crippen LogP contribution is -2.31. The first kappa shape index (κ1) is 13.6. The second-order valence-electron chi connectivity index (χ2n) is 5.34. The molecular formula is C17H17FN2O. The van der Waals surface area contributed by atoms with E-state index in [9.17, 15) is 9.18 Å². The molecule has 0 bridgehead atoms. The fraction of sp³-hybridized carbons (Fsp3) is 0.235. The molecule has 0 aromatic heterocycles. The molecule has 2 aromatic carbocycles. The quantitative estimate of drug-likeness (QED) is 0.914. The van der Waals surface area contributed by atoms with Crippen molar-refractivity contribution in [3.63, 3.8) is 0 Å². The molecule has 0 fully saturated rings. The van der Waals surface area contributed by atoms with E-state index < -0.39 is 0 Å². The highest BCUT2D eigenvalue weighted by molar-refractivity contribution is 5.98. The van der Waals surface area contributed by atoms with Crippen molar-refractivity contribution in [2.75, 3.05) is 10.2 Å². The van der Waals surface area contributed by atoms with Crippen LogP contribution in [0.2, 0.25) is 0 Å². The first-order valence-corrected chi connectivity index (χ1v) is 7.04. The second-order valence-corrected chi connectivity index (χ2v) is 5.34. The van der Waals surface area contributed by atoms with Crippen molar-refractivity contribution in [1.29, 1.82) is 0 Å². The van der Waals surface area contributed by atoms with Crippen LogP contribution in [0, 0.1) is 5.82 Å². The van der Waals surface area contributed by atoms with Gasteiger partial charge in [0.25, 0.3) is 0 Å². The summed E-state index contributed by atoms with van der Waals surface area (Å²) in [6.45, 7) is 2.22. The molecule has 1 unspecified atom stereocenters. The van der Waals surface area contributed by atoms with Gasteiger partial charge in [0.1, 0.15) is 5.82 Å². The lowest BCUT2D eigenvalue weighted by Gasteiger charge is -2.22. The van der Waals surface area contributed by atoms with Gasteiger partial charge >= 0.3 is 0 Å². The minimum atomic E-state index is -0.284. The van der Waals surface area contributed by atoms with Crippen LogP contribution in [0.1, 0.15) is 18.9 Å². The number of benzene rings is 2. The van der Waals surface area contributed by atoms with Gasteiger partial charge in [-0.25, -0.2) is 4.39 Å². The Morgan fingerprint density at radius 3 is 2.71 bits per heavy atom. The summed E-state index contributed by atoms with van der Waals surface area (Å²) in [6, 6.07) is 14.3. The Bertz CT molecular complexity index is 671. The van der Waals surface area contributed by atoms with E-state index in [0.717, 1.165) is 11.4 Å². The minimum Gasteiger partial charge on any atom is -0.380 e. The van der Waals surface area contributed by atoms with Gasteiger partial charge in [-0.05, 0) is 25.1 Å². The van der Waals surface area contributed by atoms with Gasteiger partial charge in [-0.1, -0.05) is 30.3 Å². The van der Waals surface area contributed by atoms with Gasteiger partial charge in [0.15, 0.2) is 0 Å². The number of nitrogens with one attached hydrogen (secondary N) is 1. The maximum atomic E-state index is 13.9. The molecule has 1 heterocycles. The fourth-order valence-corrected chi connectivity index (χ4v) is 2.62. The lowest BCUT2D eigenvalue weighted by atomic mass is 10.1. The average molecular weight is 284 g/mol. The van der Waals surface area contributed by atoms with Crippen LogP contribution in [0.4, 0.5) is 15.8 Å². The largest absolute Gasteiger partial charge is 0.380 e. The summed E-state index contributed by atoms with van der Waals surface area (Å²) in [5.41, 5.74) is 2.23. The van der Waals surface area contributed by atoms with E-state index in [4.69, 9.17) is 0 Å². The molecule has 21 heavy (non-hydrogen) atoms. The third kappa shape index (κ3) is 2.75. The van der Waals surface area contributed by atoms with E-state index in [1.165, 1.54) is 6.07 Å². The third-order valence-electron chi connectivity index (χ3n) is 3.66. The van der Waals surface area contributed by atoms with Gasteiger partial charge in [0, 0.05) is 18.0 Å². The SMILES string of the molecule is CC1CC(=O)N(Cc2ccccc2F)c2ccccc2N1. The van der Waals surface area contributed by atoms with Crippen molar-refractivity contribution in [1.82, 2.24) is 0 Å². The van der Waals surface area contributed by atoms with Crippen molar-refractivity contribution >= 4 is 17.3 Å². The van der Waals surface area contributed by atoms with Crippen LogP contribution < -0.4 is 10.2 Å². The summed E-state index contributed by atoms with van der Waals surface area (Å²) < 4.78 is 13.9. The van der Waals surface area contributed by atoms with Crippen molar-refractivity contribution < 1.29 is 9.18 Å². The number of hydrogen-bond donors (Lipinski definition) is 1. The molecule has 3 nitrogen and oxygen atoms in total. The molecule has 0 radical (unpaired) electrons. The van der Waals surface area contributed by atoms with Crippen molar-refractivity contribution in [3.05, 3.63) is 59.9 Å². The van der Waals surface area contributed by atoms with Crippen LogP contribution >= 0.6 is 0 Å². The molecule has 3 rings (SSSR count). The molecule has 0 aliphatic carbocycles. The summed E-state index contributed by atoms with van der Waals surface area (Å²) in [5, 5.41) is 3.33. The van der Waals surface area contributed by atoms with Gasteiger partial charge < -0.3 is 10.2 Å². The molecule has 4 heteroatoms. The first-order valence-electron chi connectivity index (χ1n) is 7.04. The van der Waals surface area contributed by atoms with E-state index >= 15 is 0 Å². The number of halogens is 1. The van der Waals surface area contributed by atoms with Crippen molar-refractivity contribution in [3.8, 4) is 0 Å². The summed E-state index contributed by atoms with van der Waals surface area (Å²) >= 11 is 0. The summed E-state index contributed by atoms with van der Waals surface area (Å²) in [7, 11) is 0. The summed E-state index contributed by atoms with van der Waals surface area (Å²) in [6.07, 6.45) is 0.392. The Morgan fingerprint density at radius 2 is 1.90 bits per heavy atom. The molecule has 108 valence electrons. The molecule has 1 amide bonds. The Labute approximate surface area is 123 Å². The molecule has 2 aromatic rings. The van der Waals surface area contributed by atoms with Crippen LogP contribution in [0.3, 0.4) is 0 Å². The molecule has 1 atom stereocenters. The predicted octanol–water partition coefficient (Wildman–Crippen LogP) is 3.56. The zero-order chi connectivity index (χ0) is 14.8. The summed E-state index contributed by atoms with van der Waals surface area (Å²) in [4.78, 5) is 14.1. The van der Waals surface area contributed by atoms with Gasteiger partial charge in [-0.2, -0.15) is 0 Å². The van der Waals surface area contributed by atoms with Gasteiger partial charge in [-0.3, -0.25) is 4.79 Å². The number of nitrogens with zero attached hydrogens (tertiary/aromatic N) is 1. The molecule has 0 saturated heterocycles. The highest BCUT2D eigenvalue weighted by Gasteiger charge is 2.25. The van der Waals surface area contributed by atoms with E-state index in [-0.39, 0.29) is 24.3 Å². The molecule has 1 aliphatic rings.